The van der Waals surface area contributed by atoms with Crippen LogP contribution in [0.2, 0.25) is 0 Å². The van der Waals surface area contributed by atoms with Gasteiger partial charge in [0.05, 0.1) is 42.1 Å². The quantitative estimate of drug-likeness (QED) is 0.160. The number of methoxy groups -OCH3 is 1. The second-order valence-corrected chi connectivity index (χ2v) is 15.8. The number of aromatic amines is 2. The number of amides is 3. The number of fused-ring (bicyclic) bond motifs is 1. The maximum Gasteiger partial charge on any atom is 0.407 e. The number of alkyl carbamates (subject to hydrolysis) is 1. The molecule has 7 rings (SSSR count). The highest BCUT2D eigenvalue weighted by Gasteiger charge is 2.45. The zero-order valence-corrected chi connectivity index (χ0v) is 31.6. The zero-order chi connectivity index (χ0) is 37.4. The summed E-state index contributed by atoms with van der Waals surface area (Å²) >= 11 is 0. The van der Waals surface area contributed by atoms with Gasteiger partial charge in [-0.15, -0.1) is 0 Å². The van der Waals surface area contributed by atoms with Crippen LogP contribution in [0.25, 0.3) is 22.3 Å². The molecule has 2 saturated heterocycles. The monoisotopic (exact) mass is 717 g/mol. The number of likely N-dealkylation sites (tertiary alicyclic amines) is 2. The highest BCUT2D eigenvalue weighted by Crippen LogP contribution is 2.47. The molecule has 5 atom stereocenters. The van der Waals surface area contributed by atoms with Crippen LogP contribution in [-0.2, 0) is 14.3 Å². The van der Waals surface area contributed by atoms with Crippen molar-refractivity contribution in [2.75, 3.05) is 20.2 Å². The van der Waals surface area contributed by atoms with Crippen LogP contribution >= 0.6 is 0 Å². The van der Waals surface area contributed by atoms with E-state index in [1.165, 1.54) is 20.0 Å². The third-order valence-electron chi connectivity index (χ3n) is 11.5. The van der Waals surface area contributed by atoms with Gasteiger partial charge in [0.2, 0.25) is 11.8 Å². The Labute approximate surface area is 311 Å². The van der Waals surface area contributed by atoms with E-state index < -0.39 is 12.1 Å². The lowest BCUT2D eigenvalue weighted by Crippen LogP contribution is -2.51. The average molecular weight is 718 g/mol. The fourth-order valence-electron chi connectivity index (χ4n) is 7.82. The number of hydrogen-bond acceptors (Lipinski definition) is 6. The fourth-order valence-corrected chi connectivity index (χ4v) is 7.82. The Hall–Kier alpha value is -5.11. The lowest BCUT2D eigenvalue weighted by Gasteiger charge is -2.30. The molecule has 2 aliphatic heterocycles. The summed E-state index contributed by atoms with van der Waals surface area (Å²) < 4.78 is 4.75. The topological polar surface area (TPSA) is 136 Å². The molecule has 0 radical (unpaired) electrons. The van der Waals surface area contributed by atoms with Crippen LogP contribution in [0.3, 0.4) is 0 Å². The number of rotatable bonds is 9. The molecule has 3 amide bonds. The Kier molecular flexibility index (Phi) is 10.3. The van der Waals surface area contributed by atoms with Crippen LogP contribution in [0.15, 0.2) is 48.7 Å². The first-order chi connectivity index (χ1) is 25.5. The van der Waals surface area contributed by atoms with E-state index in [0.29, 0.717) is 18.4 Å². The molecular formula is C42H51N7O4. The summed E-state index contributed by atoms with van der Waals surface area (Å²) in [4.78, 5) is 59.5. The summed E-state index contributed by atoms with van der Waals surface area (Å²) in [6.07, 6.45) is 6.35. The second kappa shape index (κ2) is 15.1. The molecule has 1 saturated carbocycles. The standard InChI is InChI=1S/C42H51N7O4/c1-24(2)26(5)40(50)49-23-31(29-16-17-29)21-36(49)39-44-32-18-13-28(20-33(32)45-39)10-9-27-11-14-30(15-12-27)34-22-43-38(46-34)35-8-7-19-48(35)41(51)37(25(3)4)47-42(52)53-6/h11-15,18,20,22,24-26,29,31,35-37H,7-8,16-17,19,21,23H2,1-6H3,(H,43,46)(H,44,45)(H,47,52)/t26-,31-,35-,36-,37-/m0/s1. The van der Waals surface area contributed by atoms with Crippen LogP contribution in [0.1, 0.15) is 102 Å². The van der Waals surface area contributed by atoms with Crippen molar-refractivity contribution in [3.8, 4) is 23.1 Å². The molecule has 0 bridgehead atoms. The number of nitrogens with one attached hydrogen (secondary N) is 3. The molecule has 53 heavy (non-hydrogen) atoms. The molecule has 2 aromatic heterocycles. The number of carbonyl (C=O) groups excluding carboxylic acids is 3. The maximum absolute atomic E-state index is 13.5. The third kappa shape index (κ3) is 7.68. The van der Waals surface area contributed by atoms with Gasteiger partial charge in [0.15, 0.2) is 0 Å². The van der Waals surface area contributed by atoms with E-state index in [4.69, 9.17) is 9.72 Å². The van der Waals surface area contributed by atoms with Crippen LogP contribution in [0.5, 0.6) is 0 Å². The van der Waals surface area contributed by atoms with E-state index in [1.54, 1.807) is 6.20 Å². The van der Waals surface area contributed by atoms with Gasteiger partial charge < -0.3 is 29.8 Å². The smallest absolute Gasteiger partial charge is 0.407 e. The van der Waals surface area contributed by atoms with Crippen molar-refractivity contribution in [3.63, 3.8) is 0 Å². The summed E-state index contributed by atoms with van der Waals surface area (Å²) in [6.45, 7) is 11.5. The van der Waals surface area contributed by atoms with Gasteiger partial charge in [0.1, 0.15) is 17.7 Å². The van der Waals surface area contributed by atoms with Gasteiger partial charge in [-0.25, -0.2) is 14.8 Å². The Morgan fingerprint density at radius 3 is 2.28 bits per heavy atom. The minimum atomic E-state index is -0.678. The lowest BCUT2D eigenvalue weighted by molar-refractivity contribution is -0.137. The van der Waals surface area contributed by atoms with Crippen LogP contribution < -0.4 is 5.32 Å². The van der Waals surface area contributed by atoms with Crippen molar-refractivity contribution in [3.05, 3.63) is 71.4 Å². The van der Waals surface area contributed by atoms with E-state index in [2.05, 4.69) is 50.9 Å². The minimum absolute atomic E-state index is 0.0188. The predicted molar refractivity (Wildman–Crippen MR) is 203 cm³/mol. The van der Waals surface area contributed by atoms with E-state index >= 15 is 0 Å². The number of benzene rings is 2. The molecule has 0 unspecified atom stereocenters. The van der Waals surface area contributed by atoms with Gasteiger partial charge in [0.25, 0.3) is 0 Å². The number of carbonyl (C=O) groups is 3. The van der Waals surface area contributed by atoms with Crippen molar-refractivity contribution in [2.24, 2.45) is 29.6 Å². The molecule has 3 aliphatic rings. The summed E-state index contributed by atoms with van der Waals surface area (Å²) in [5.74, 6) is 9.78. The Bertz CT molecular complexity index is 2030. The first-order valence-corrected chi connectivity index (χ1v) is 19.1. The van der Waals surface area contributed by atoms with Gasteiger partial charge in [-0.05, 0) is 91.7 Å². The number of aromatic nitrogens is 4. The fraction of sp³-hybridized carbons (Fsp3) is 0.500. The first kappa shape index (κ1) is 36.3. The first-order valence-electron chi connectivity index (χ1n) is 19.1. The second-order valence-electron chi connectivity index (χ2n) is 15.8. The number of imidazole rings is 2. The highest BCUT2D eigenvalue weighted by atomic mass is 16.5. The zero-order valence-electron chi connectivity index (χ0n) is 31.6. The van der Waals surface area contributed by atoms with E-state index in [-0.39, 0.29) is 35.7 Å². The van der Waals surface area contributed by atoms with Crippen molar-refractivity contribution in [1.82, 2.24) is 35.1 Å². The largest absolute Gasteiger partial charge is 0.453 e. The molecule has 3 fully saturated rings. The Balaban J connectivity index is 1.03. The molecule has 0 spiro atoms. The molecule has 4 heterocycles. The van der Waals surface area contributed by atoms with E-state index in [0.717, 1.165) is 76.8 Å². The summed E-state index contributed by atoms with van der Waals surface area (Å²) in [7, 11) is 1.29. The number of hydrogen-bond donors (Lipinski definition) is 3. The number of ether oxygens (including phenoxy) is 1. The van der Waals surface area contributed by atoms with Crippen LogP contribution in [-0.4, -0.2) is 73.9 Å². The van der Waals surface area contributed by atoms with Gasteiger partial charge in [0, 0.05) is 30.1 Å². The summed E-state index contributed by atoms with van der Waals surface area (Å²) in [5, 5.41) is 2.70. The average Bonchev–Trinajstić information content (AvgIpc) is 3.55. The number of H-pyrrole nitrogens is 2. The van der Waals surface area contributed by atoms with E-state index in [9.17, 15) is 14.4 Å². The van der Waals surface area contributed by atoms with Crippen molar-refractivity contribution in [2.45, 2.75) is 84.8 Å². The molecule has 3 N–H and O–H groups in total. The normalized spacial score (nSPS) is 21.2. The maximum atomic E-state index is 13.5. The molecular weight excluding hydrogens is 667 g/mol. The van der Waals surface area contributed by atoms with Crippen molar-refractivity contribution >= 4 is 28.9 Å². The Morgan fingerprint density at radius 1 is 0.849 bits per heavy atom. The third-order valence-corrected chi connectivity index (χ3v) is 11.5. The SMILES string of the molecule is COC(=O)N[C@H](C(=O)N1CCC[C@H]1c1ncc(-c2ccc(C#Cc3ccc4nc([C@@H]5C[C@H](C6CC6)CN5C(=O)[C@@H](C)C(C)C)[nH]c4c3)cc2)[nH]1)C(C)C. The number of nitrogens with zero attached hydrogens (tertiary/aromatic N) is 4. The van der Waals surface area contributed by atoms with Gasteiger partial charge >= 0.3 is 6.09 Å². The summed E-state index contributed by atoms with van der Waals surface area (Å²) in [5.41, 5.74) is 5.41. The molecule has 11 nitrogen and oxygen atoms in total. The minimum Gasteiger partial charge on any atom is -0.453 e. The molecule has 4 aromatic rings. The van der Waals surface area contributed by atoms with Crippen LogP contribution in [0, 0.1) is 41.4 Å². The molecule has 11 heteroatoms. The Morgan fingerprint density at radius 2 is 1.58 bits per heavy atom. The van der Waals surface area contributed by atoms with Gasteiger partial charge in [-0.1, -0.05) is 58.6 Å². The summed E-state index contributed by atoms with van der Waals surface area (Å²) in [6, 6.07) is 13.2. The lowest BCUT2D eigenvalue weighted by atomic mass is 9.96. The molecule has 2 aromatic carbocycles. The predicted octanol–water partition coefficient (Wildman–Crippen LogP) is 6.99. The van der Waals surface area contributed by atoms with Crippen LogP contribution in [0.4, 0.5) is 4.79 Å². The molecule has 278 valence electrons. The van der Waals surface area contributed by atoms with Gasteiger partial charge in [-0.2, -0.15) is 0 Å². The highest BCUT2D eigenvalue weighted by molar-refractivity contribution is 5.86. The van der Waals surface area contributed by atoms with E-state index in [1.807, 2.05) is 68.1 Å². The van der Waals surface area contributed by atoms with Crippen molar-refractivity contribution in [1.29, 1.82) is 0 Å². The molecule has 1 aliphatic carbocycles. The van der Waals surface area contributed by atoms with Gasteiger partial charge in [-0.3, -0.25) is 9.59 Å². The van der Waals surface area contributed by atoms with Crippen molar-refractivity contribution < 1.29 is 19.1 Å².